The number of urea groups is 1. The van der Waals surface area contributed by atoms with Crippen molar-refractivity contribution in [1.82, 2.24) is 15.2 Å². The van der Waals surface area contributed by atoms with Gasteiger partial charge in [0.25, 0.3) is 0 Å². The fourth-order valence-electron chi connectivity index (χ4n) is 2.57. The highest BCUT2D eigenvalue weighted by atomic mass is 19.1. The Morgan fingerprint density at radius 3 is 2.58 bits per heavy atom. The number of carbonyl (C=O) groups is 1. The largest absolute Gasteiger partial charge is 0.338 e. The highest BCUT2D eigenvalue weighted by molar-refractivity contribution is 5.75. The molecule has 1 saturated carbocycles. The van der Waals surface area contributed by atoms with E-state index in [1.54, 1.807) is 12.4 Å². The van der Waals surface area contributed by atoms with Crippen molar-refractivity contribution < 1.29 is 13.6 Å². The van der Waals surface area contributed by atoms with E-state index in [9.17, 15) is 13.6 Å². The molecule has 1 fully saturated rings. The normalized spacial score (nSPS) is 13.6. The third kappa shape index (κ3) is 4.07. The number of benzene rings is 1. The van der Waals surface area contributed by atoms with Gasteiger partial charge in [-0.1, -0.05) is 12.1 Å². The van der Waals surface area contributed by atoms with Gasteiger partial charge in [-0.15, -0.1) is 0 Å². The highest BCUT2D eigenvalue weighted by Crippen LogP contribution is 2.29. The summed E-state index contributed by atoms with van der Waals surface area (Å²) in [5.41, 5.74) is 0.961. The van der Waals surface area contributed by atoms with Crippen LogP contribution in [0.15, 0.2) is 42.7 Å². The van der Waals surface area contributed by atoms with Crippen LogP contribution in [0, 0.1) is 11.6 Å². The quantitative estimate of drug-likeness (QED) is 0.883. The van der Waals surface area contributed by atoms with Gasteiger partial charge in [0.2, 0.25) is 0 Å². The minimum Gasteiger partial charge on any atom is -0.338 e. The molecule has 6 heteroatoms. The number of nitrogens with zero attached hydrogens (tertiary/aromatic N) is 2. The van der Waals surface area contributed by atoms with Crippen LogP contribution >= 0.6 is 0 Å². The summed E-state index contributed by atoms with van der Waals surface area (Å²) in [5.74, 6) is -1.24. The molecule has 24 heavy (non-hydrogen) atoms. The second-order valence-electron chi connectivity index (χ2n) is 5.90. The second kappa shape index (κ2) is 7.38. The summed E-state index contributed by atoms with van der Waals surface area (Å²) in [6.45, 7) is 0.398. The monoisotopic (exact) mass is 331 g/mol. The number of rotatable bonds is 6. The molecule has 3 rings (SSSR count). The van der Waals surface area contributed by atoms with Gasteiger partial charge in [0.15, 0.2) is 0 Å². The summed E-state index contributed by atoms with van der Waals surface area (Å²) < 4.78 is 27.7. The number of nitrogens with one attached hydrogen (secondary N) is 1. The van der Waals surface area contributed by atoms with Crippen LogP contribution in [0.5, 0.6) is 0 Å². The van der Waals surface area contributed by atoms with Gasteiger partial charge in [0, 0.05) is 30.5 Å². The van der Waals surface area contributed by atoms with Crippen molar-refractivity contribution in [2.24, 2.45) is 0 Å². The van der Waals surface area contributed by atoms with Crippen LogP contribution in [0.2, 0.25) is 0 Å². The first-order valence-corrected chi connectivity index (χ1v) is 8.01. The van der Waals surface area contributed by atoms with E-state index in [1.807, 2.05) is 12.1 Å². The molecule has 1 heterocycles. The molecule has 0 radical (unpaired) electrons. The Hall–Kier alpha value is -2.50. The summed E-state index contributed by atoms with van der Waals surface area (Å²) in [6, 6.07) is 7.30. The molecule has 126 valence electrons. The first kappa shape index (κ1) is 16.4. The van der Waals surface area contributed by atoms with E-state index in [0.717, 1.165) is 18.4 Å². The van der Waals surface area contributed by atoms with Crippen molar-refractivity contribution in [3.63, 3.8) is 0 Å². The van der Waals surface area contributed by atoms with Crippen molar-refractivity contribution in [2.45, 2.75) is 31.8 Å². The van der Waals surface area contributed by atoms with Gasteiger partial charge in [0.05, 0.1) is 6.54 Å². The molecule has 2 amide bonds. The Balaban J connectivity index is 1.60. The maximum atomic E-state index is 13.8. The maximum absolute atomic E-state index is 13.8. The molecule has 1 aliphatic carbocycles. The zero-order valence-electron chi connectivity index (χ0n) is 13.2. The Labute approximate surface area is 139 Å². The SMILES string of the molecule is O=C(NCCc1cccnc1)N(Cc1c(F)cccc1F)C1CC1. The van der Waals surface area contributed by atoms with E-state index in [2.05, 4.69) is 10.3 Å². The average molecular weight is 331 g/mol. The highest BCUT2D eigenvalue weighted by Gasteiger charge is 2.33. The van der Waals surface area contributed by atoms with Crippen molar-refractivity contribution in [1.29, 1.82) is 0 Å². The predicted molar refractivity (Wildman–Crippen MR) is 86.3 cm³/mol. The molecule has 0 saturated heterocycles. The fourth-order valence-corrected chi connectivity index (χ4v) is 2.57. The lowest BCUT2D eigenvalue weighted by molar-refractivity contribution is 0.190. The molecule has 0 atom stereocenters. The van der Waals surface area contributed by atoms with Gasteiger partial charge in [0.1, 0.15) is 11.6 Å². The molecule has 0 aliphatic heterocycles. The van der Waals surface area contributed by atoms with Crippen molar-refractivity contribution in [2.75, 3.05) is 6.54 Å². The Morgan fingerprint density at radius 1 is 1.21 bits per heavy atom. The zero-order valence-corrected chi connectivity index (χ0v) is 13.2. The molecule has 4 nitrogen and oxygen atoms in total. The molecular formula is C18H19F2N3O. The lowest BCUT2D eigenvalue weighted by Crippen LogP contribution is -2.42. The third-order valence-electron chi connectivity index (χ3n) is 4.05. The van der Waals surface area contributed by atoms with E-state index in [0.29, 0.717) is 13.0 Å². The van der Waals surface area contributed by atoms with Crippen LogP contribution in [0.25, 0.3) is 0 Å². The smallest absolute Gasteiger partial charge is 0.317 e. The van der Waals surface area contributed by atoms with E-state index in [4.69, 9.17) is 0 Å². The summed E-state index contributed by atoms with van der Waals surface area (Å²) in [5, 5.41) is 2.83. The summed E-state index contributed by atoms with van der Waals surface area (Å²) in [7, 11) is 0. The average Bonchev–Trinajstić information content (AvgIpc) is 3.40. The summed E-state index contributed by atoms with van der Waals surface area (Å²) >= 11 is 0. The van der Waals surface area contributed by atoms with Gasteiger partial charge >= 0.3 is 6.03 Å². The number of hydrogen-bond donors (Lipinski definition) is 1. The topological polar surface area (TPSA) is 45.2 Å². The van der Waals surface area contributed by atoms with E-state index >= 15 is 0 Å². The molecular weight excluding hydrogens is 312 g/mol. The molecule has 0 bridgehead atoms. The van der Waals surface area contributed by atoms with Crippen LogP contribution in [-0.2, 0) is 13.0 Å². The van der Waals surface area contributed by atoms with Crippen molar-refractivity contribution >= 4 is 6.03 Å². The van der Waals surface area contributed by atoms with Gasteiger partial charge in [-0.05, 0) is 43.0 Å². The zero-order chi connectivity index (χ0) is 16.9. The number of amides is 2. The van der Waals surface area contributed by atoms with Gasteiger partial charge in [-0.25, -0.2) is 13.6 Å². The molecule has 1 aliphatic rings. The Morgan fingerprint density at radius 2 is 1.96 bits per heavy atom. The molecule has 0 unspecified atom stereocenters. The Bertz CT molecular complexity index is 684. The lowest BCUT2D eigenvalue weighted by atomic mass is 10.2. The van der Waals surface area contributed by atoms with E-state index in [-0.39, 0.29) is 24.2 Å². The second-order valence-corrected chi connectivity index (χ2v) is 5.90. The van der Waals surface area contributed by atoms with Gasteiger partial charge < -0.3 is 10.2 Å². The lowest BCUT2D eigenvalue weighted by Gasteiger charge is -2.23. The minimum atomic E-state index is -0.621. The molecule has 1 aromatic carbocycles. The number of pyridine rings is 1. The minimum absolute atomic E-state index is 0.0537. The summed E-state index contributed by atoms with van der Waals surface area (Å²) in [4.78, 5) is 17.9. The number of halogens is 2. The number of hydrogen-bond acceptors (Lipinski definition) is 2. The van der Waals surface area contributed by atoms with E-state index < -0.39 is 11.6 Å². The van der Waals surface area contributed by atoms with Crippen LogP contribution in [0.1, 0.15) is 24.0 Å². The van der Waals surface area contributed by atoms with Crippen LogP contribution in [0.4, 0.5) is 13.6 Å². The first-order chi connectivity index (χ1) is 11.6. The predicted octanol–water partition coefficient (Wildman–Crippen LogP) is 3.28. The summed E-state index contributed by atoms with van der Waals surface area (Å²) in [6.07, 6.45) is 5.84. The third-order valence-corrected chi connectivity index (χ3v) is 4.05. The standard InChI is InChI=1S/C18H19F2N3O/c19-16-4-1-5-17(20)15(16)12-23(14-6-7-14)18(24)22-10-8-13-3-2-9-21-11-13/h1-5,9,11,14H,6-8,10,12H2,(H,22,24). The molecule has 0 spiro atoms. The first-order valence-electron chi connectivity index (χ1n) is 8.01. The number of carbonyl (C=O) groups excluding carboxylic acids is 1. The Kier molecular flexibility index (Phi) is 5.03. The van der Waals surface area contributed by atoms with Crippen LogP contribution < -0.4 is 5.32 Å². The van der Waals surface area contributed by atoms with Gasteiger partial charge in [-0.2, -0.15) is 0 Å². The van der Waals surface area contributed by atoms with Crippen LogP contribution in [-0.4, -0.2) is 28.5 Å². The van der Waals surface area contributed by atoms with Crippen molar-refractivity contribution in [3.8, 4) is 0 Å². The van der Waals surface area contributed by atoms with Crippen molar-refractivity contribution in [3.05, 3.63) is 65.5 Å². The fraction of sp³-hybridized carbons (Fsp3) is 0.333. The number of aromatic nitrogens is 1. The van der Waals surface area contributed by atoms with Crippen LogP contribution in [0.3, 0.4) is 0 Å². The van der Waals surface area contributed by atoms with Gasteiger partial charge in [-0.3, -0.25) is 4.98 Å². The maximum Gasteiger partial charge on any atom is 0.317 e. The molecule has 1 N–H and O–H groups in total. The van der Waals surface area contributed by atoms with E-state index in [1.165, 1.54) is 23.1 Å². The molecule has 2 aromatic rings. The molecule has 1 aromatic heterocycles.